The van der Waals surface area contributed by atoms with E-state index < -0.39 is 0 Å². The Bertz CT molecular complexity index is 1030. The van der Waals surface area contributed by atoms with Gasteiger partial charge in [0.1, 0.15) is 0 Å². The van der Waals surface area contributed by atoms with Crippen molar-refractivity contribution in [2.75, 3.05) is 11.9 Å². The lowest BCUT2D eigenvalue weighted by Gasteiger charge is -2.23. The van der Waals surface area contributed by atoms with E-state index in [1.54, 1.807) is 36.2 Å². The van der Waals surface area contributed by atoms with Crippen molar-refractivity contribution < 1.29 is 9.59 Å². The number of nitrogens with zero attached hydrogens (tertiary/aromatic N) is 2. The van der Waals surface area contributed by atoms with Crippen LogP contribution in [-0.2, 0) is 13.0 Å². The third kappa shape index (κ3) is 3.79. The van der Waals surface area contributed by atoms with E-state index in [2.05, 4.69) is 13.0 Å². The van der Waals surface area contributed by atoms with Crippen molar-refractivity contribution in [1.82, 2.24) is 4.90 Å². The molecular weight excluding hydrogens is 360 g/mol. The predicted molar refractivity (Wildman–Crippen MR) is 115 cm³/mol. The number of amides is 2. The third-order valence-electron chi connectivity index (χ3n) is 5.41. The van der Waals surface area contributed by atoms with Gasteiger partial charge in [-0.05, 0) is 54.8 Å². The average Bonchev–Trinajstić information content (AvgIpc) is 3.09. The summed E-state index contributed by atoms with van der Waals surface area (Å²) < 4.78 is 0. The van der Waals surface area contributed by atoms with E-state index in [4.69, 9.17) is 0 Å². The molecule has 0 aliphatic carbocycles. The zero-order valence-corrected chi connectivity index (χ0v) is 16.7. The Morgan fingerprint density at radius 2 is 1.52 bits per heavy atom. The van der Waals surface area contributed by atoms with E-state index in [1.807, 2.05) is 53.4 Å². The zero-order chi connectivity index (χ0) is 20.4. The van der Waals surface area contributed by atoms with Crippen LogP contribution in [0.25, 0.3) is 0 Å². The van der Waals surface area contributed by atoms with Crippen LogP contribution in [0.5, 0.6) is 0 Å². The smallest absolute Gasteiger partial charge is 0.258 e. The molecule has 4 heteroatoms. The van der Waals surface area contributed by atoms with Gasteiger partial charge in [-0.2, -0.15) is 0 Å². The van der Waals surface area contributed by atoms with E-state index in [9.17, 15) is 9.59 Å². The summed E-state index contributed by atoms with van der Waals surface area (Å²) in [5.41, 5.74) is 4.43. The van der Waals surface area contributed by atoms with Gasteiger partial charge in [-0.15, -0.1) is 0 Å². The maximum Gasteiger partial charge on any atom is 0.258 e. The molecule has 0 bridgehead atoms. The zero-order valence-electron chi connectivity index (χ0n) is 16.7. The number of hydrogen-bond donors (Lipinski definition) is 0. The lowest BCUT2D eigenvalue weighted by Crippen LogP contribution is -2.35. The molecule has 146 valence electrons. The van der Waals surface area contributed by atoms with Crippen molar-refractivity contribution in [3.05, 3.63) is 101 Å². The van der Waals surface area contributed by atoms with Crippen LogP contribution in [0.4, 0.5) is 5.69 Å². The largest absolute Gasteiger partial charge is 0.337 e. The van der Waals surface area contributed by atoms with Gasteiger partial charge in [0.15, 0.2) is 0 Å². The van der Waals surface area contributed by atoms with Gasteiger partial charge in [0.25, 0.3) is 11.8 Å². The molecule has 1 atom stereocenters. The summed E-state index contributed by atoms with van der Waals surface area (Å²) in [5, 5.41) is 0. The molecule has 0 N–H and O–H groups in total. The normalized spacial score (nSPS) is 15.1. The van der Waals surface area contributed by atoms with Crippen LogP contribution in [0.2, 0.25) is 0 Å². The van der Waals surface area contributed by atoms with Gasteiger partial charge in [0.2, 0.25) is 0 Å². The first-order valence-corrected chi connectivity index (χ1v) is 9.85. The molecule has 0 saturated carbocycles. The average molecular weight is 384 g/mol. The standard InChI is InChI=1S/C25H24N2O2/c1-18-16-22-10-6-7-11-23(22)27(18)25(29)21-14-12-20(13-15-21)24(28)26(2)17-19-8-4-3-5-9-19/h3-15,18H,16-17H2,1-2H3. The summed E-state index contributed by atoms with van der Waals surface area (Å²) in [6, 6.07) is 25.0. The Labute approximate surface area is 171 Å². The monoisotopic (exact) mass is 384 g/mol. The van der Waals surface area contributed by atoms with E-state index in [1.165, 1.54) is 5.56 Å². The van der Waals surface area contributed by atoms with Crippen molar-refractivity contribution in [2.45, 2.75) is 25.9 Å². The van der Waals surface area contributed by atoms with Gasteiger partial charge in [-0.25, -0.2) is 0 Å². The van der Waals surface area contributed by atoms with E-state index in [0.29, 0.717) is 17.7 Å². The van der Waals surface area contributed by atoms with Crippen molar-refractivity contribution >= 4 is 17.5 Å². The topological polar surface area (TPSA) is 40.6 Å². The first kappa shape index (κ1) is 18.9. The highest BCUT2D eigenvalue weighted by Gasteiger charge is 2.31. The number of benzene rings is 3. The quantitative estimate of drug-likeness (QED) is 0.662. The summed E-state index contributed by atoms with van der Waals surface area (Å²) in [6.45, 7) is 2.61. The second-order valence-corrected chi connectivity index (χ2v) is 7.58. The van der Waals surface area contributed by atoms with Crippen LogP contribution in [-0.4, -0.2) is 29.8 Å². The first-order chi connectivity index (χ1) is 14.0. The number of para-hydroxylation sites is 1. The van der Waals surface area contributed by atoms with E-state index in [0.717, 1.165) is 17.7 Å². The molecule has 2 amide bonds. The SMILES string of the molecule is CC1Cc2ccccc2N1C(=O)c1ccc(C(=O)N(C)Cc2ccccc2)cc1. The van der Waals surface area contributed by atoms with Crippen molar-refractivity contribution in [3.63, 3.8) is 0 Å². The lowest BCUT2D eigenvalue weighted by molar-refractivity contribution is 0.0784. The summed E-state index contributed by atoms with van der Waals surface area (Å²) in [4.78, 5) is 29.4. The minimum Gasteiger partial charge on any atom is -0.337 e. The molecule has 1 unspecified atom stereocenters. The maximum atomic E-state index is 13.1. The molecule has 29 heavy (non-hydrogen) atoms. The molecule has 3 aromatic carbocycles. The molecule has 0 aromatic heterocycles. The van der Waals surface area contributed by atoms with Gasteiger partial charge < -0.3 is 9.80 Å². The van der Waals surface area contributed by atoms with Crippen LogP contribution < -0.4 is 4.90 Å². The Morgan fingerprint density at radius 3 is 2.24 bits per heavy atom. The molecule has 1 aliphatic heterocycles. The number of fused-ring (bicyclic) bond motifs is 1. The Hall–Kier alpha value is -3.40. The van der Waals surface area contributed by atoms with Gasteiger partial charge in [0.05, 0.1) is 0 Å². The third-order valence-corrected chi connectivity index (χ3v) is 5.41. The molecule has 4 rings (SSSR count). The minimum atomic E-state index is -0.0623. The van der Waals surface area contributed by atoms with E-state index in [-0.39, 0.29) is 17.9 Å². The summed E-state index contributed by atoms with van der Waals surface area (Å²) in [6.07, 6.45) is 0.864. The first-order valence-electron chi connectivity index (χ1n) is 9.85. The second-order valence-electron chi connectivity index (χ2n) is 7.58. The highest BCUT2D eigenvalue weighted by atomic mass is 16.2. The molecule has 3 aromatic rings. The fourth-order valence-electron chi connectivity index (χ4n) is 3.92. The number of carbonyl (C=O) groups is 2. The molecular formula is C25H24N2O2. The minimum absolute atomic E-state index is 0.0286. The maximum absolute atomic E-state index is 13.1. The Morgan fingerprint density at radius 1 is 0.897 bits per heavy atom. The predicted octanol–water partition coefficient (Wildman–Crippen LogP) is 4.55. The summed E-state index contributed by atoms with van der Waals surface area (Å²) >= 11 is 0. The van der Waals surface area contributed by atoms with Crippen LogP contribution in [0.1, 0.15) is 38.8 Å². The van der Waals surface area contributed by atoms with Crippen molar-refractivity contribution in [2.24, 2.45) is 0 Å². The van der Waals surface area contributed by atoms with Crippen molar-refractivity contribution in [1.29, 1.82) is 0 Å². The fraction of sp³-hybridized carbons (Fsp3) is 0.200. The van der Waals surface area contributed by atoms with Crippen LogP contribution >= 0.6 is 0 Å². The second kappa shape index (κ2) is 7.92. The number of hydrogen-bond acceptors (Lipinski definition) is 2. The summed E-state index contributed by atoms with van der Waals surface area (Å²) in [5.74, 6) is -0.0909. The Kier molecular flexibility index (Phi) is 5.17. The lowest BCUT2D eigenvalue weighted by atomic mass is 10.1. The van der Waals surface area contributed by atoms with Gasteiger partial charge in [-0.1, -0.05) is 48.5 Å². The highest BCUT2D eigenvalue weighted by molar-refractivity contribution is 6.08. The Balaban J connectivity index is 1.49. The fourth-order valence-corrected chi connectivity index (χ4v) is 3.92. The van der Waals surface area contributed by atoms with E-state index >= 15 is 0 Å². The molecule has 0 saturated heterocycles. The molecule has 1 heterocycles. The molecule has 0 spiro atoms. The highest BCUT2D eigenvalue weighted by Crippen LogP contribution is 2.33. The molecule has 0 radical (unpaired) electrons. The molecule has 1 aliphatic rings. The van der Waals surface area contributed by atoms with Crippen LogP contribution in [0.15, 0.2) is 78.9 Å². The van der Waals surface area contributed by atoms with Gasteiger partial charge >= 0.3 is 0 Å². The van der Waals surface area contributed by atoms with Crippen LogP contribution in [0.3, 0.4) is 0 Å². The molecule has 0 fully saturated rings. The van der Waals surface area contributed by atoms with Crippen LogP contribution in [0, 0.1) is 0 Å². The number of rotatable bonds is 4. The van der Waals surface area contributed by atoms with Gasteiger partial charge in [-0.3, -0.25) is 9.59 Å². The van der Waals surface area contributed by atoms with Crippen molar-refractivity contribution in [3.8, 4) is 0 Å². The number of carbonyl (C=O) groups excluding carboxylic acids is 2. The molecule has 4 nitrogen and oxygen atoms in total. The summed E-state index contributed by atoms with van der Waals surface area (Å²) in [7, 11) is 1.79. The number of anilines is 1. The van der Waals surface area contributed by atoms with Gasteiger partial charge in [0, 0.05) is 36.4 Å².